The third kappa shape index (κ3) is 16.1. The highest BCUT2D eigenvalue weighted by molar-refractivity contribution is 5.84. The Morgan fingerprint density at radius 2 is 1.32 bits per heavy atom. The number of nitrogens with one attached hydrogen (secondary N) is 2. The Hall–Kier alpha value is -1.14. The first-order chi connectivity index (χ1) is 12.1. The van der Waals surface area contributed by atoms with Crippen LogP contribution in [0.4, 0.5) is 0 Å². The van der Waals surface area contributed by atoms with Crippen molar-refractivity contribution in [2.75, 3.05) is 19.7 Å². The zero-order chi connectivity index (χ0) is 18.8. The quantitative estimate of drug-likeness (QED) is 0.282. The SMILES string of the molecule is CCCCCCCCCCCCCCNCC(=O)N[C@@H](CO)C(=O)O. The molecule has 0 aliphatic rings. The van der Waals surface area contributed by atoms with Crippen LogP contribution in [0.25, 0.3) is 0 Å². The molecular weight excluding hydrogens is 320 g/mol. The maximum Gasteiger partial charge on any atom is 0.328 e. The van der Waals surface area contributed by atoms with Crippen molar-refractivity contribution in [2.45, 2.75) is 90.0 Å². The fourth-order valence-electron chi connectivity index (χ4n) is 2.72. The summed E-state index contributed by atoms with van der Waals surface area (Å²) in [5, 5.41) is 22.8. The molecule has 1 amide bonds. The topological polar surface area (TPSA) is 98.7 Å². The third-order valence-electron chi connectivity index (χ3n) is 4.31. The number of aliphatic hydroxyl groups excluding tert-OH is 1. The molecule has 0 radical (unpaired) electrons. The predicted octanol–water partition coefficient (Wildman–Crippen LogP) is 2.84. The van der Waals surface area contributed by atoms with E-state index < -0.39 is 24.5 Å². The first-order valence-corrected chi connectivity index (χ1v) is 9.95. The predicted molar refractivity (Wildman–Crippen MR) is 101 cm³/mol. The van der Waals surface area contributed by atoms with Gasteiger partial charge in [-0.3, -0.25) is 4.79 Å². The first-order valence-electron chi connectivity index (χ1n) is 9.95. The number of carboxylic acid groups (broad SMARTS) is 1. The van der Waals surface area contributed by atoms with E-state index in [0.29, 0.717) is 0 Å². The second-order valence-electron chi connectivity index (χ2n) is 6.71. The average Bonchev–Trinajstić information content (AvgIpc) is 2.59. The van der Waals surface area contributed by atoms with Gasteiger partial charge in [0.05, 0.1) is 13.2 Å². The first kappa shape index (κ1) is 23.9. The van der Waals surface area contributed by atoms with E-state index in [1.807, 2.05) is 0 Å². The zero-order valence-electron chi connectivity index (χ0n) is 15.9. The molecule has 0 aromatic heterocycles. The number of rotatable bonds is 18. The monoisotopic (exact) mass is 358 g/mol. The van der Waals surface area contributed by atoms with Crippen LogP contribution in [0, 0.1) is 0 Å². The van der Waals surface area contributed by atoms with E-state index in [9.17, 15) is 9.59 Å². The van der Waals surface area contributed by atoms with Crippen LogP contribution in [0.1, 0.15) is 84.0 Å². The Morgan fingerprint density at radius 3 is 1.76 bits per heavy atom. The number of amides is 1. The molecule has 6 heteroatoms. The second kappa shape index (κ2) is 17.7. The number of carbonyl (C=O) groups is 2. The molecule has 0 saturated carbocycles. The summed E-state index contributed by atoms with van der Waals surface area (Å²) in [5.41, 5.74) is 0. The molecule has 4 N–H and O–H groups in total. The normalized spacial score (nSPS) is 12.1. The van der Waals surface area contributed by atoms with Crippen molar-refractivity contribution in [3.05, 3.63) is 0 Å². The number of carboxylic acids is 1. The Morgan fingerprint density at radius 1 is 0.840 bits per heavy atom. The smallest absolute Gasteiger partial charge is 0.328 e. The summed E-state index contributed by atoms with van der Waals surface area (Å²) in [5.74, 6) is -1.63. The summed E-state index contributed by atoms with van der Waals surface area (Å²) < 4.78 is 0. The standard InChI is InChI=1S/C19H38N2O4/c1-2-3-4-5-6-7-8-9-10-11-12-13-14-20-15-18(23)21-17(16-22)19(24)25/h17,20,22H,2-16H2,1H3,(H,21,23)(H,24,25)/t17-/m0/s1. The highest BCUT2D eigenvalue weighted by Gasteiger charge is 2.17. The fourth-order valence-corrected chi connectivity index (χ4v) is 2.72. The lowest BCUT2D eigenvalue weighted by atomic mass is 10.1. The fraction of sp³-hybridized carbons (Fsp3) is 0.895. The van der Waals surface area contributed by atoms with Crippen LogP contribution in [0.3, 0.4) is 0 Å². The minimum atomic E-state index is -1.23. The average molecular weight is 359 g/mol. The molecule has 148 valence electrons. The van der Waals surface area contributed by atoms with Crippen LogP contribution < -0.4 is 10.6 Å². The lowest BCUT2D eigenvalue weighted by Gasteiger charge is -2.11. The molecule has 6 nitrogen and oxygen atoms in total. The molecule has 25 heavy (non-hydrogen) atoms. The van der Waals surface area contributed by atoms with Gasteiger partial charge in [0.2, 0.25) is 5.91 Å². The van der Waals surface area contributed by atoms with Gasteiger partial charge < -0.3 is 20.8 Å². The van der Waals surface area contributed by atoms with Gasteiger partial charge in [-0.15, -0.1) is 0 Å². The molecule has 0 aliphatic heterocycles. The molecule has 0 aromatic carbocycles. The Labute approximate surface area is 152 Å². The van der Waals surface area contributed by atoms with Crippen molar-refractivity contribution < 1.29 is 19.8 Å². The summed E-state index contributed by atoms with van der Waals surface area (Å²) in [4.78, 5) is 22.2. The number of hydrogen-bond acceptors (Lipinski definition) is 4. The highest BCUT2D eigenvalue weighted by atomic mass is 16.4. The van der Waals surface area contributed by atoms with E-state index in [-0.39, 0.29) is 6.54 Å². The highest BCUT2D eigenvalue weighted by Crippen LogP contribution is 2.11. The maximum atomic E-state index is 11.5. The molecule has 1 atom stereocenters. The lowest BCUT2D eigenvalue weighted by Crippen LogP contribution is -2.46. The van der Waals surface area contributed by atoms with Crippen LogP contribution in [-0.2, 0) is 9.59 Å². The summed E-state index contributed by atoms with van der Waals surface area (Å²) >= 11 is 0. The van der Waals surface area contributed by atoms with E-state index in [1.54, 1.807) is 0 Å². The van der Waals surface area contributed by atoms with Gasteiger partial charge in [0.15, 0.2) is 0 Å². The maximum absolute atomic E-state index is 11.5. The molecular formula is C19H38N2O4. The van der Waals surface area contributed by atoms with Crippen molar-refractivity contribution >= 4 is 11.9 Å². The van der Waals surface area contributed by atoms with E-state index in [2.05, 4.69) is 17.6 Å². The molecule has 0 spiro atoms. The molecule has 0 saturated heterocycles. The number of carbonyl (C=O) groups excluding carboxylic acids is 1. The van der Waals surface area contributed by atoms with E-state index in [1.165, 1.54) is 64.2 Å². The van der Waals surface area contributed by atoms with Crippen LogP contribution in [-0.4, -0.2) is 47.8 Å². The van der Waals surface area contributed by atoms with E-state index in [0.717, 1.165) is 19.4 Å². The van der Waals surface area contributed by atoms with Crippen LogP contribution in [0.15, 0.2) is 0 Å². The summed E-state index contributed by atoms with van der Waals surface area (Å²) in [6, 6.07) is -1.22. The molecule has 0 heterocycles. The van der Waals surface area contributed by atoms with Gasteiger partial charge in [-0.25, -0.2) is 4.79 Å². The number of aliphatic hydroxyl groups is 1. The van der Waals surface area contributed by atoms with Gasteiger partial charge in [-0.05, 0) is 13.0 Å². The van der Waals surface area contributed by atoms with Gasteiger partial charge >= 0.3 is 5.97 Å². The van der Waals surface area contributed by atoms with Gasteiger partial charge in [-0.2, -0.15) is 0 Å². The summed E-state index contributed by atoms with van der Waals surface area (Å²) in [6.07, 6.45) is 15.6. The molecule has 0 aromatic rings. The minimum absolute atomic E-state index is 0.0851. The lowest BCUT2D eigenvalue weighted by molar-refractivity contribution is -0.142. The summed E-state index contributed by atoms with van der Waals surface area (Å²) in [6.45, 7) is 2.49. The van der Waals surface area contributed by atoms with Crippen molar-refractivity contribution in [3.63, 3.8) is 0 Å². The largest absolute Gasteiger partial charge is 0.480 e. The number of hydrogen-bond donors (Lipinski definition) is 4. The van der Waals surface area contributed by atoms with Crippen molar-refractivity contribution in [3.8, 4) is 0 Å². The molecule has 0 unspecified atom stereocenters. The number of unbranched alkanes of at least 4 members (excludes halogenated alkanes) is 11. The van der Waals surface area contributed by atoms with Crippen molar-refractivity contribution in [1.82, 2.24) is 10.6 Å². The van der Waals surface area contributed by atoms with Gasteiger partial charge in [0, 0.05) is 0 Å². The molecule has 0 aliphatic carbocycles. The summed E-state index contributed by atoms with van der Waals surface area (Å²) in [7, 11) is 0. The number of aliphatic carboxylic acids is 1. The van der Waals surface area contributed by atoms with Crippen LogP contribution in [0.2, 0.25) is 0 Å². The Balaban J connectivity index is 3.28. The molecule has 0 bridgehead atoms. The van der Waals surface area contributed by atoms with Crippen molar-refractivity contribution in [2.24, 2.45) is 0 Å². The van der Waals surface area contributed by atoms with Crippen LogP contribution >= 0.6 is 0 Å². The third-order valence-corrected chi connectivity index (χ3v) is 4.31. The van der Waals surface area contributed by atoms with Crippen LogP contribution in [0.5, 0.6) is 0 Å². The Bertz CT molecular complexity index is 337. The second-order valence-corrected chi connectivity index (χ2v) is 6.71. The van der Waals surface area contributed by atoms with E-state index >= 15 is 0 Å². The van der Waals surface area contributed by atoms with Crippen molar-refractivity contribution in [1.29, 1.82) is 0 Å². The zero-order valence-corrected chi connectivity index (χ0v) is 15.9. The van der Waals surface area contributed by atoms with E-state index in [4.69, 9.17) is 10.2 Å². The van der Waals surface area contributed by atoms with Gasteiger partial charge in [0.1, 0.15) is 6.04 Å². The van der Waals surface area contributed by atoms with Gasteiger partial charge in [0.25, 0.3) is 0 Å². The minimum Gasteiger partial charge on any atom is -0.480 e. The molecule has 0 rings (SSSR count). The molecule has 0 fully saturated rings. The Kier molecular flexibility index (Phi) is 16.9. The van der Waals surface area contributed by atoms with Gasteiger partial charge in [-0.1, -0.05) is 77.6 Å².